The van der Waals surface area contributed by atoms with Gasteiger partial charge in [0, 0.05) is 42.4 Å². The summed E-state index contributed by atoms with van der Waals surface area (Å²) in [5, 5.41) is 0. The molecule has 0 atom stereocenters. The van der Waals surface area contributed by atoms with Crippen LogP contribution in [0.4, 0.5) is 0 Å². The Morgan fingerprint density at radius 3 is 2.48 bits per heavy atom. The number of piperidine rings is 1. The van der Waals surface area contributed by atoms with Crippen LogP contribution < -0.4 is 4.74 Å². The molecule has 2 saturated heterocycles. The van der Waals surface area contributed by atoms with Crippen LogP contribution in [0.25, 0.3) is 6.08 Å². The Kier molecular flexibility index (Phi) is 5.41. The average Bonchev–Trinajstić information content (AvgIpc) is 3.46. The molecule has 7 heteroatoms. The van der Waals surface area contributed by atoms with E-state index < -0.39 is 0 Å². The van der Waals surface area contributed by atoms with Crippen LogP contribution in [0, 0.1) is 0 Å². The molecule has 150 valence electrons. The molecule has 29 heavy (non-hydrogen) atoms. The molecule has 2 amide bonds. The summed E-state index contributed by atoms with van der Waals surface area (Å²) < 4.78 is 6.05. The molecule has 2 fully saturated rings. The van der Waals surface area contributed by atoms with Gasteiger partial charge in [-0.15, -0.1) is 0 Å². The van der Waals surface area contributed by atoms with E-state index in [-0.39, 0.29) is 17.4 Å². The van der Waals surface area contributed by atoms with E-state index >= 15 is 0 Å². The van der Waals surface area contributed by atoms with E-state index in [1.165, 1.54) is 0 Å². The van der Waals surface area contributed by atoms with Gasteiger partial charge in [0.15, 0.2) is 0 Å². The number of carbonyl (C=O) groups is 2. The van der Waals surface area contributed by atoms with Crippen LogP contribution in [0.1, 0.15) is 28.8 Å². The van der Waals surface area contributed by atoms with Gasteiger partial charge in [0.1, 0.15) is 0 Å². The van der Waals surface area contributed by atoms with Crippen molar-refractivity contribution < 1.29 is 14.3 Å². The van der Waals surface area contributed by atoms with Crippen LogP contribution in [0.3, 0.4) is 0 Å². The van der Waals surface area contributed by atoms with Gasteiger partial charge in [0.05, 0.1) is 18.2 Å². The molecule has 6 nitrogen and oxygen atoms in total. The number of ether oxygens (including phenoxy) is 1. The van der Waals surface area contributed by atoms with E-state index in [1.54, 1.807) is 31.5 Å². The van der Waals surface area contributed by atoms with Crippen molar-refractivity contribution in [2.75, 3.05) is 26.7 Å². The van der Waals surface area contributed by atoms with E-state index in [4.69, 9.17) is 4.74 Å². The minimum Gasteiger partial charge on any atom is -0.481 e. The van der Waals surface area contributed by atoms with Gasteiger partial charge in [-0.25, -0.2) is 4.98 Å². The summed E-state index contributed by atoms with van der Waals surface area (Å²) in [7, 11) is 1.55. The van der Waals surface area contributed by atoms with Gasteiger partial charge in [0.2, 0.25) is 11.8 Å². The number of hydrogen-bond donors (Lipinski definition) is 0. The third kappa shape index (κ3) is 4.19. The first kappa shape index (κ1) is 19.6. The van der Waals surface area contributed by atoms with E-state index in [9.17, 15) is 9.59 Å². The molecule has 0 N–H and O–H groups in total. The number of halogens is 1. The number of aromatic nitrogens is 1. The fraction of sp³-hybridized carbons (Fsp3) is 0.318. The SMILES string of the molecule is COc1ccc(C(=O)N2CC23CCN(C(=O)/C=C/c2ccc(Br)cc2)CC3)cn1. The first-order valence-corrected chi connectivity index (χ1v) is 10.3. The highest BCUT2D eigenvalue weighted by Crippen LogP contribution is 2.42. The predicted octanol–water partition coefficient (Wildman–Crippen LogP) is 3.38. The molecule has 0 radical (unpaired) electrons. The van der Waals surface area contributed by atoms with Crippen LogP contribution in [-0.4, -0.2) is 58.9 Å². The second-order valence-electron chi connectivity index (χ2n) is 7.42. The van der Waals surface area contributed by atoms with Gasteiger partial charge >= 0.3 is 0 Å². The topological polar surface area (TPSA) is 62.5 Å². The largest absolute Gasteiger partial charge is 0.481 e. The van der Waals surface area contributed by atoms with Crippen molar-refractivity contribution in [1.82, 2.24) is 14.8 Å². The van der Waals surface area contributed by atoms with Crippen LogP contribution in [0.5, 0.6) is 5.88 Å². The van der Waals surface area contributed by atoms with Crippen LogP contribution >= 0.6 is 15.9 Å². The monoisotopic (exact) mass is 455 g/mol. The fourth-order valence-electron chi connectivity index (χ4n) is 3.75. The lowest BCUT2D eigenvalue weighted by atomic mass is 9.96. The molecule has 1 aromatic carbocycles. The molecule has 0 bridgehead atoms. The highest BCUT2D eigenvalue weighted by Gasteiger charge is 2.56. The summed E-state index contributed by atoms with van der Waals surface area (Å²) in [5.74, 6) is 0.501. The number of rotatable bonds is 4. The maximum absolute atomic E-state index is 12.7. The second-order valence-corrected chi connectivity index (χ2v) is 8.33. The number of benzene rings is 1. The van der Waals surface area contributed by atoms with Crippen LogP contribution in [-0.2, 0) is 4.79 Å². The Morgan fingerprint density at radius 2 is 1.86 bits per heavy atom. The number of carbonyl (C=O) groups excluding carboxylic acids is 2. The van der Waals surface area contributed by atoms with Crippen molar-refractivity contribution in [2.45, 2.75) is 18.4 Å². The van der Waals surface area contributed by atoms with Gasteiger partial charge in [-0.3, -0.25) is 9.59 Å². The normalized spacial score (nSPS) is 17.6. The summed E-state index contributed by atoms with van der Waals surface area (Å²) in [6.45, 7) is 2.07. The molecule has 2 aromatic rings. The summed E-state index contributed by atoms with van der Waals surface area (Å²) in [6.07, 6.45) is 6.63. The van der Waals surface area contributed by atoms with Crippen molar-refractivity contribution in [1.29, 1.82) is 0 Å². The Hall–Kier alpha value is -2.67. The first-order chi connectivity index (χ1) is 14.0. The summed E-state index contributed by atoms with van der Waals surface area (Å²) >= 11 is 3.40. The molecule has 0 aliphatic carbocycles. The van der Waals surface area contributed by atoms with E-state index in [1.807, 2.05) is 40.1 Å². The van der Waals surface area contributed by atoms with Crippen molar-refractivity contribution in [3.05, 3.63) is 64.3 Å². The third-order valence-electron chi connectivity index (χ3n) is 5.65. The number of pyridine rings is 1. The first-order valence-electron chi connectivity index (χ1n) is 9.55. The van der Waals surface area contributed by atoms with Crippen LogP contribution in [0.15, 0.2) is 53.1 Å². The van der Waals surface area contributed by atoms with Crippen molar-refractivity contribution in [3.8, 4) is 5.88 Å². The zero-order valence-corrected chi connectivity index (χ0v) is 17.8. The van der Waals surface area contributed by atoms with Crippen molar-refractivity contribution in [3.63, 3.8) is 0 Å². The molecule has 1 aromatic heterocycles. The number of hydrogen-bond acceptors (Lipinski definition) is 4. The number of methoxy groups -OCH3 is 1. The van der Waals surface area contributed by atoms with Gasteiger partial charge in [-0.2, -0.15) is 0 Å². The predicted molar refractivity (Wildman–Crippen MR) is 114 cm³/mol. The molecule has 1 spiro atoms. The maximum Gasteiger partial charge on any atom is 0.256 e. The summed E-state index contributed by atoms with van der Waals surface area (Å²) in [6, 6.07) is 11.3. The molecule has 0 unspecified atom stereocenters. The van der Waals surface area contributed by atoms with Gasteiger partial charge < -0.3 is 14.5 Å². The standard InChI is InChI=1S/C22H22BrN3O3/c1-29-19-8-5-17(14-24-19)21(28)26-15-22(26)10-12-25(13-11-22)20(27)9-4-16-2-6-18(23)7-3-16/h2-9,14H,10-13,15H2,1H3/b9-4+. The Balaban J connectivity index is 1.31. The Morgan fingerprint density at radius 1 is 1.14 bits per heavy atom. The smallest absolute Gasteiger partial charge is 0.256 e. The van der Waals surface area contributed by atoms with Crippen molar-refractivity contribution >= 4 is 33.8 Å². The minimum absolute atomic E-state index is 0.00457. The Labute approximate surface area is 178 Å². The highest BCUT2D eigenvalue weighted by molar-refractivity contribution is 9.10. The molecular weight excluding hydrogens is 434 g/mol. The quantitative estimate of drug-likeness (QED) is 0.523. The van der Waals surface area contributed by atoms with E-state index in [0.29, 0.717) is 24.5 Å². The molecule has 3 heterocycles. The zero-order chi connectivity index (χ0) is 20.4. The highest BCUT2D eigenvalue weighted by atomic mass is 79.9. The number of amides is 2. The lowest BCUT2D eigenvalue weighted by Crippen LogP contribution is -2.42. The van der Waals surface area contributed by atoms with Gasteiger partial charge in [0.25, 0.3) is 5.91 Å². The minimum atomic E-state index is -0.108. The van der Waals surface area contributed by atoms with Crippen LogP contribution in [0.2, 0.25) is 0 Å². The molecule has 2 aliphatic rings. The van der Waals surface area contributed by atoms with Gasteiger partial charge in [-0.05, 0) is 42.7 Å². The number of likely N-dealkylation sites (tertiary alicyclic amines) is 1. The fourth-order valence-corrected chi connectivity index (χ4v) is 4.01. The second kappa shape index (κ2) is 7.99. The summed E-state index contributed by atoms with van der Waals surface area (Å²) in [4.78, 5) is 33.1. The summed E-state index contributed by atoms with van der Waals surface area (Å²) in [5.41, 5.74) is 1.45. The third-order valence-corrected chi connectivity index (χ3v) is 6.18. The molecule has 4 rings (SSSR count). The molecular formula is C22H22BrN3O3. The lowest BCUT2D eigenvalue weighted by molar-refractivity contribution is -0.127. The van der Waals surface area contributed by atoms with Crippen molar-refractivity contribution in [2.24, 2.45) is 0 Å². The van der Waals surface area contributed by atoms with Gasteiger partial charge in [-0.1, -0.05) is 28.1 Å². The maximum atomic E-state index is 12.7. The zero-order valence-electron chi connectivity index (χ0n) is 16.2. The molecule has 0 saturated carbocycles. The Bertz CT molecular complexity index is 933. The number of nitrogens with zero attached hydrogens (tertiary/aromatic N) is 3. The van der Waals surface area contributed by atoms with E-state index in [2.05, 4.69) is 20.9 Å². The molecule has 2 aliphatic heterocycles. The average molecular weight is 456 g/mol. The lowest BCUT2D eigenvalue weighted by Gasteiger charge is -2.31. The van der Waals surface area contributed by atoms with E-state index in [0.717, 1.165) is 29.4 Å².